The predicted molar refractivity (Wildman–Crippen MR) is 62.8 cm³/mol. The second kappa shape index (κ2) is 4.92. The molecule has 1 aliphatic carbocycles. The Morgan fingerprint density at radius 2 is 2.24 bits per heavy atom. The maximum Gasteiger partial charge on any atom is 0.260 e. The molecule has 0 atom stereocenters. The molecule has 1 amide bonds. The Balaban J connectivity index is 2.28. The molecule has 0 aromatic heterocycles. The van der Waals surface area contributed by atoms with E-state index >= 15 is 0 Å². The maximum atomic E-state index is 13.5. The summed E-state index contributed by atoms with van der Waals surface area (Å²) in [5.74, 6) is -1.20. The van der Waals surface area contributed by atoms with Crippen molar-refractivity contribution in [1.82, 2.24) is 4.90 Å². The molecule has 0 radical (unpaired) electrons. The number of alkyl halides is 1. The highest BCUT2D eigenvalue weighted by atomic mass is 35.5. The smallest absolute Gasteiger partial charge is 0.260 e. The van der Waals surface area contributed by atoms with Crippen LogP contribution in [0.3, 0.4) is 0 Å². The number of aromatic hydroxyl groups is 1. The van der Waals surface area contributed by atoms with Gasteiger partial charge in [-0.3, -0.25) is 4.79 Å². The fourth-order valence-corrected chi connectivity index (χ4v) is 1.98. The van der Waals surface area contributed by atoms with Crippen molar-refractivity contribution in [2.75, 3.05) is 12.4 Å². The Bertz CT molecular complexity index is 414. The number of phenolic OH excluding ortho intramolecular Hbond substituents is 1. The van der Waals surface area contributed by atoms with Gasteiger partial charge in [-0.2, -0.15) is 0 Å². The van der Waals surface area contributed by atoms with Crippen LogP contribution in [0.4, 0.5) is 4.39 Å². The first kappa shape index (κ1) is 12.2. The first-order valence-corrected chi connectivity index (χ1v) is 6.03. The molecule has 0 saturated heterocycles. The highest BCUT2D eigenvalue weighted by Crippen LogP contribution is 2.30. The van der Waals surface area contributed by atoms with E-state index in [2.05, 4.69) is 0 Å². The van der Waals surface area contributed by atoms with Crippen LogP contribution in [-0.4, -0.2) is 34.4 Å². The number of carbonyl (C=O) groups excluding carboxylic acids is 1. The minimum atomic E-state index is -0.699. The number of carbonyl (C=O) groups is 1. The van der Waals surface area contributed by atoms with Gasteiger partial charge in [-0.05, 0) is 25.0 Å². The van der Waals surface area contributed by atoms with Gasteiger partial charge in [-0.15, -0.1) is 11.6 Å². The molecule has 92 valence electrons. The molecule has 3 nitrogen and oxygen atoms in total. The zero-order valence-electron chi connectivity index (χ0n) is 9.20. The molecule has 0 bridgehead atoms. The number of hydrogen-bond acceptors (Lipinski definition) is 2. The molecule has 1 aliphatic rings. The molecule has 0 spiro atoms. The van der Waals surface area contributed by atoms with E-state index in [0.29, 0.717) is 12.4 Å². The number of rotatable bonds is 4. The second-order valence-corrected chi connectivity index (χ2v) is 4.43. The molecule has 2 rings (SSSR count). The summed E-state index contributed by atoms with van der Waals surface area (Å²) in [6.07, 6.45) is 1.83. The minimum absolute atomic E-state index is 0.139. The van der Waals surface area contributed by atoms with E-state index in [4.69, 9.17) is 11.6 Å². The normalized spacial score (nSPS) is 14.7. The maximum absolute atomic E-state index is 13.5. The molecule has 0 aliphatic heterocycles. The van der Waals surface area contributed by atoms with Gasteiger partial charge in [0.15, 0.2) is 0 Å². The topological polar surface area (TPSA) is 40.5 Å². The van der Waals surface area contributed by atoms with Crippen molar-refractivity contribution >= 4 is 17.5 Å². The van der Waals surface area contributed by atoms with Crippen molar-refractivity contribution in [3.05, 3.63) is 29.6 Å². The molecule has 1 saturated carbocycles. The lowest BCUT2D eigenvalue weighted by molar-refractivity contribution is 0.0745. The summed E-state index contributed by atoms with van der Waals surface area (Å²) in [6, 6.07) is 3.98. The van der Waals surface area contributed by atoms with E-state index in [1.54, 1.807) is 0 Å². The second-order valence-electron chi connectivity index (χ2n) is 4.05. The zero-order chi connectivity index (χ0) is 12.4. The molecular weight excluding hydrogens is 245 g/mol. The van der Waals surface area contributed by atoms with Gasteiger partial charge in [0.2, 0.25) is 0 Å². The summed E-state index contributed by atoms with van der Waals surface area (Å²) >= 11 is 5.63. The van der Waals surface area contributed by atoms with Crippen LogP contribution in [0.5, 0.6) is 5.75 Å². The third kappa shape index (κ3) is 2.52. The highest BCUT2D eigenvalue weighted by Gasteiger charge is 2.34. The summed E-state index contributed by atoms with van der Waals surface area (Å²) < 4.78 is 13.5. The zero-order valence-corrected chi connectivity index (χ0v) is 9.95. The summed E-state index contributed by atoms with van der Waals surface area (Å²) in [5, 5.41) is 9.56. The van der Waals surface area contributed by atoms with Crippen molar-refractivity contribution in [3.8, 4) is 5.75 Å². The van der Waals surface area contributed by atoms with Gasteiger partial charge in [-0.25, -0.2) is 4.39 Å². The molecule has 1 aromatic carbocycles. The lowest BCUT2D eigenvalue weighted by Gasteiger charge is -2.21. The molecule has 1 fully saturated rings. The fraction of sp³-hybridized carbons (Fsp3) is 0.417. The molecule has 5 heteroatoms. The molecule has 1 N–H and O–H groups in total. The summed E-state index contributed by atoms with van der Waals surface area (Å²) in [4.78, 5) is 13.7. The van der Waals surface area contributed by atoms with E-state index in [1.807, 2.05) is 0 Å². The van der Waals surface area contributed by atoms with E-state index in [1.165, 1.54) is 23.1 Å². The van der Waals surface area contributed by atoms with Crippen LogP contribution in [0.25, 0.3) is 0 Å². The fourth-order valence-electron chi connectivity index (χ4n) is 1.80. The SMILES string of the molecule is O=C(c1c(O)cccc1F)N(CCCl)C1CC1. The molecule has 1 aromatic rings. The van der Waals surface area contributed by atoms with Crippen molar-refractivity contribution in [2.45, 2.75) is 18.9 Å². The summed E-state index contributed by atoms with van der Waals surface area (Å²) in [5.41, 5.74) is -0.260. The third-order valence-corrected chi connectivity index (χ3v) is 2.95. The Kier molecular flexibility index (Phi) is 3.52. The third-order valence-electron chi connectivity index (χ3n) is 2.78. The Hall–Kier alpha value is -1.29. The molecule has 0 unspecified atom stereocenters. The lowest BCUT2D eigenvalue weighted by Crippen LogP contribution is -2.35. The van der Waals surface area contributed by atoms with Crippen molar-refractivity contribution in [1.29, 1.82) is 0 Å². The lowest BCUT2D eigenvalue weighted by atomic mass is 10.1. The van der Waals surface area contributed by atoms with Crippen molar-refractivity contribution in [3.63, 3.8) is 0 Å². The van der Waals surface area contributed by atoms with Gasteiger partial charge in [0.25, 0.3) is 5.91 Å². The summed E-state index contributed by atoms with van der Waals surface area (Å²) in [6.45, 7) is 0.374. The average Bonchev–Trinajstić information content (AvgIpc) is 3.09. The van der Waals surface area contributed by atoms with Crippen LogP contribution >= 0.6 is 11.6 Å². The number of phenols is 1. The number of nitrogens with zero attached hydrogens (tertiary/aromatic N) is 1. The van der Waals surface area contributed by atoms with Crippen molar-refractivity contribution in [2.24, 2.45) is 0 Å². The van der Waals surface area contributed by atoms with Crippen LogP contribution < -0.4 is 0 Å². The van der Waals surface area contributed by atoms with E-state index in [0.717, 1.165) is 12.8 Å². The van der Waals surface area contributed by atoms with Gasteiger partial charge in [0.1, 0.15) is 17.1 Å². The van der Waals surface area contributed by atoms with Crippen LogP contribution in [0.2, 0.25) is 0 Å². The number of halogens is 2. The van der Waals surface area contributed by atoms with Gasteiger partial charge in [-0.1, -0.05) is 6.07 Å². The van der Waals surface area contributed by atoms with Gasteiger partial charge < -0.3 is 10.0 Å². The number of benzene rings is 1. The Morgan fingerprint density at radius 1 is 1.53 bits per heavy atom. The number of amides is 1. The first-order valence-electron chi connectivity index (χ1n) is 5.49. The van der Waals surface area contributed by atoms with Crippen LogP contribution in [0.15, 0.2) is 18.2 Å². The molecule has 17 heavy (non-hydrogen) atoms. The van der Waals surface area contributed by atoms with E-state index < -0.39 is 11.7 Å². The average molecular weight is 258 g/mol. The largest absolute Gasteiger partial charge is 0.507 e. The quantitative estimate of drug-likeness (QED) is 0.842. The van der Waals surface area contributed by atoms with Crippen LogP contribution in [0, 0.1) is 5.82 Å². The van der Waals surface area contributed by atoms with E-state index in [-0.39, 0.29) is 17.4 Å². The van der Waals surface area contributed by atoms with Gasteiger partial charge in [0.05, 0.1) is 0 Å². The Morgan fingerprint density at radius 3 is 2.76 bits per heavy atom. The highest BCUT2D eigenvalue weighted by molar-refractivity contribution is 6.18. The standard InChI is InChI=1S/C12H13ClFNO2/c13-6-7-15(8-4-5-8)12(17)11-9(14)2-1-3-10(11)16/h1-3,8,16H,4-7H2. The molecule has 0 heterocycles. The van der Waals surface area contributed by atoms with E-state index in [9.17, 15) is 14.3 Å². The molecular formula is C12H13ClFNO2. The van der Waals surface area contributed by atoms with Crippen LogP contribution in [0.1, 0.15) is 23.2 Å². The van der Waals surface area contributed by atoms with Gasteiger partial charge >= 0.3 is 0 Å². The van der Waals surface area contributed by atoms with Crippen molar-refractivity contribution < 1.29 is 14.3 Å². The number of hydrogen-bond donors (Lipinski definition) is 1. The predicted octanol–water partition coefficient (Wildman–Crippen LogP) is 2.37. The van der Waals surface area contributed by atoms with Gasteiger partial charge in [0, 0.05) is 18.5 Å². The Labute approximate surface area is 104 Å². The monoisotopic (exact) mass is 257 g/mol. The minimum Gasteiger partial charge on any atom is -0.507 e. The van der Waals surface area contributed by atoms with Crippen LogP contribution in [-0.2, 0) is 0 Å². The summed E-state index contributed by atoms with van der Waals surface area (Å²) in [7, 11) is 0. The first-order chi connectivity index (χ1) is 8.15.